The molecule has 8 nitrogen and oxygen atoms in total. The molecule has 3 rings (SSSR count). The highest BCUT2D eigenvalue weighted by atomic mass is 16.6. The number of non-ortho nitro benzene ring substituents is 1. The molecule has 1 heterocycles. The third kappa shape index (κ3) is 4.37. The van der Waals surface area contributed by atoms with Crippen LogP contribution in [0.5, 0.6) is 0 Å². The summed E-state index contributed by atoms with van der Waals surface area (Å²) in [6, 6.07) is 16.8. The molecule has 0 aliphatic heterocycles. The Bertz CT molecular complexity index is 1010. The van der Waals surface area contributed by atoms with Crippen LogP contribution in [-0.4, -0.2) is 21.7 Å². The van der Waals surface area contributed by atoms with E-state index in [-0.39, 0.29) is 5.69 Å². The summed E-state index contributed by atoms with van der Waals surface area (Å²) in [7, 11) is 0. The van der Waals surface area contributed by atoms with Crippen LogP contribution in [0.25, 0.3) is 5.69 Å². The SMILES string of the molecule is Cc1ccccc1NC(=O)NN=Cc1cccn1-c1cccc([N+](=O)[O-])c1. The first-order valence-corrected chi connectivity index (χ1v) is 8.12. The van der Waals surface area contributed by atoms with Crippen molar-refractivity contribution in [1.82, 2.24) is 9.99 Å². The lowest BCUT2D eigenvalue weighted by molar-refractivity contribution is -0.384. The number of anilines is 1. The van der Waals surface area contributed by atoms with Gasteiger partial charge in [-0.3, -0.25) is 10.1 Å². The zero-order valence-electron chi connectivity index (χ0n) is 14.5. The summed E-state index contributed by atoms with van der Waals surface area (Å²) in [5.74, 6) is 0. The minimum Gasteiger partial charge on any atom is -0.315 e. The lowest BCUT2D eigenvalue weighted by atomic mass is 10.2. The maximum Gasteiger partial charge on any atom is 0.339 e. The fourth-order valence-corrected chi connectivity index (χ4v) is 2.51. The third-order valence-corrected chi connectivity index (χ3v) is 3.86. The number of nitrogens with one attached hydrogen (secondary N) is 2. The molecule has 136 valence electrons. The van der Waals surface area contributed by atoms with Gasteiger partial charge < -0.3 is 9.88 Å². The molecule has 0 spiro atoms. The number of hydrazone groups is 1. The molecule has 0 saturated carbocycles. The Morgan fingerprint density at radius 2 is 1.96 bits per heavy atom. The Labute approximate surface area is 155 Å². The molecular weight excluding hydrogens is 346 g/mol. The van der Waals surface area contributed by atoms with Gasteiger partial charge in [0.2, 0.25) is 0 Å². The number of carbonyl (C=O) groups is 1. The van der Waals surface area contributed by atoms with Crippen molar-refractivity contribution in [2.24, 2.45) is 5.10 Å². The summed E-state index contributed by atoms with van der Waals surface area (Å²) in [4.78, 5) is 22.4. The van der Waals surface area contributed by atoms with Crippen LogP contribution in [0.4, 0.5) is 16.2 Å². The number of nitrogens with zero attached hydrogens (tertiary/aromatic N) is 3. The maximum absolute atomic E-state index is 11.9. The highest BCUT2D eigenvalue weighted by molar-refractivity contribution is 5.91. The van der Waals surface area contributed by atoms with Gasteiger partial charge in [-0.25, -0.2) is 10.2 Å². The quantitative estimate of drug-likeness (QED) is 0.409. The molecule has 3 aromatic rings. The van der Waals surface area contributed by atoms with Crippen LogP contribution in [0, 0.1) is 17.0 Å². The van der Waals surface area contributed by atoms with E-state index in [9.17, 15) is 14.9 Å². The first-order valence-electron chi connectivity index (χ1n) is 8.12. The van der Waals surface area contributed by atoms with Crippen LogP contribution in [0.3, 0.4) is 0 Å². The number of nitro benzene ring substituents is 1. The molecule has 0 bridgehead atoms. The first-order chi connectivity index (χ1) is 13.0. The Morgan fingerprint density at radius 1 is 1.15 bits per heavy atom. The van der Waals surface area contributed by atoms with Crippen LogP contribution in [0.1, 0.15) is 11.3 Å². The van der Waals surface area contributed by atoms with E-state index in [0.717, 1.165) is 5.56 Å². The van der Waals surface area contributed by atoms with Crippen LogP contribution >= 0.6 is 0 Å². The molecule has 2 amide bonds. The summed E-state index contributed by atoms with van der Waals surface area (Å²) in [5, 5.41) is 17.6. The highest BCUT2D eigenvalue weighted by Crippen LogP contribution is 2.18. The van der Waals surface area contributed by atoms with Gasteiger partial charge in [0.05, 0.1) is 22.5 Å². The fourth-order valence-electron chi connectivity index (χ4n) is 2.51. The molecule has 2 N–H and O–H groups in total. The van der Waals surface area contributed by atoms with Gasteiger partial charge >= 0.3 is 6.03 Å². The van der Waals surface area contributed by atoms with Gasteiger partial charge in [0.1, 0.15) is 0 Å². The lowest BCUT2D eigenvalue weighted by Crippen LogP contribution is -2.24. The zero-order valence-corrected chi connectivity index (χ0v) is 14.5. The number of para-hydroxylation sites is 1. The molecule has 0 radical (unpaired) electrons. The minimum atomic E-state index is -0.464. The molecule has 0 fully saturated rings. The van der Waals surface area contributed by atoms with Crippen LogP contribution < -0.4 is 10.7 Å². The highest BCUT2D eigenvalue weighted by Gasteiger charge is 2.08. The minimum absolute atomic E-state index is 0.000164. The topological polar surface area (TPSA) is 102 Å². The second-order valence-corrected chi connectivity index (χ2v) is 5.72. The average Bonchev–Trinajstić information content (AvgIpc) is 3.12. The number of carbonyl (C=O) groups excluding carboxylic acids is 1. The van der Waals surface area contributed by atoms with Crippen LogP contribution in [0.15, 0.2) is 72.0 Å². The molecule has 2 aromatic carbocycles. The molecule has 0 atom stereocenters. The van der Waals surface area contributed by atoms with Gasteiger partial charge in [-0.15, -0.1) is 0 Å². The predicted octanol–water partition coefficient (Wildman–Crippen LogP) is 3.85. The second kappa shape index (κ2) is 7.96. The number of benzene rings is 2. The predicted molar refractivity (Wildman–Crippen MR) is 103 cm³/mol. The Hall–Kier alpha value is -3.94. The number of nitro groups is 1. The molecule has 0 unspecified atom stereocenters. The number of hydrogen-bond acceptors (Lipinski definition) is 4. The van der Waals surface area contributed by atoms with E-state index in [0.29, 0.717) is 17.1 Å². The normalized spacial score (nSPS) is 10.7. The number of urea groups is 1. The standard InChI is InChI=1S/C19H17N5O3/c1-14-6-2-3-10-18(14)21-19(25)22-20-13-17-9-5-11-23(17)15-7-4-8-16(12-15)24(26)27/h2-13H,1H3,(H2,21,22,25). The second-order valence-electron chi connectivity index (χ2n) is 5.72. The fraction of sp³-hybridized carbons (Fsp3) is 0.0526. The van der Waals surface area contributed by atoms with E-state index >= 15 is 0 Å². The van der Waals surface area contributed by atoms with E-state index in [1.165, 1.54) is 18.3 Å². The van der Waals surface area contributed by atoms with E-state index < -0.39 is 11.0 Å². The smallest absolute Gasteiger partial charge is 0.315 e. The van der Waals surface area contributed by atoms with Crippen LogP contribution in [0.2, 0.25) is 0 Å². The number of aryl methyl sites for hydroxylation is 1. The summed E-state index contributed by atoms with van der Waals surface area (Å²) in [6.45, 7) is 1.89. The van der Waals surface area contributed by atoms with Crippen molar-refractivity contribution in [3.8, 4) is 5.69 Å². The van der Waals surface area contributed by atoms with Gasteiger partial charge in [0.25, 0.3) is 5.69 Å². The van der Waals surface area contributed by atoms with E-state index in [2.05, 4.69) is 15.8 Å². The first kappa shape index (κ1) is 17.9. The van der Waals surface area contributed by atoms with E-state index in [1.54, 1.807) is 41.1 Å². The summed E-state index contributed by atoms with van der Waals surface area (Å²) in [5.41, 5.74) is 5.33. The van der Waals surface area contributed by atoms with Crippen molar-refractivity contribution in [2.75, 3.05) is 5.32 Å². The maximum atomic E-state index is 11.9. The zero-order chi connectivity index (χ0) is 19.2. The van der Waals surface area contributed by atoms with Gasteiger partial charge in [-0.05, 0) is 36.8 Å². The van der Waals surface area contributed by atoms with Gasteiger partial charge in [0.15, 0.2) is 0 Å². The molecular formula is C19H17N5O3. The van der Waals surface area contributed by atoms with E-state index in [1.807, 2.05) is 25.1 Å². The largest absolute Gasteiger partial charge is 0.339 e. The number of rotatable bonds is 5. The summed E-state index contributed by atoms with van der Waals surface area (Å²) in [6.07, 6.45) is 3.23. The van der Waals surface area contributed by atoms with Gasteiger partial charge in [-0.1, -0.05) is 24.3 Å². The Morgan fingerprint density at radius 3 is 2.74 bits per heavy atom. The molecule has 27 heavy (non-hydrogen) atoms. The summed E-state index contributed by atoms with van der Waals surface area (Å²) < 4.78 is 1.73. The van der Waals surface area contributed by atoms with Gasteiger partial charge in [0, 0.05) is 24.0 Å². The molecule has 8 heteroatoms. The lowest BCUT2D eigenvalue weighted by Gasteiger charge is -2.07. The van der Waals surface area contributed by atoms with Crippen molar-refractivity contribution in [2.45, 2.75) is 6.92 Å². The third-order valence-electron chi connectivity index (χ3n) is 3.86. The van der Waals surface area contributed by atoms with Crippen molar-refractivity contribution in [1.29, 1.82) is 0 Å². The van der Waals surface area contributed by atoms with E-state index in [4.69, 9.17) is 0 Å². The van der Waals surface area contributed by atoms with Crippen molar-refractivity contribution in [3.63, 3.8) is 0 Å². The monoisotopic (exact) mass is 363 g/mol. The molecule has 0 aliphatic carbocycles. The average molecular weight is 363 g/mol. The Balaban J connectivity index is 1.69. The number of aromatic nitrogens is 1. The molecule has 1 aromatic heterocycles. The number of hydrogen-bond donors (Lipinski definition) is 2. The van der Waals surface area contributed by atoms with Crippen molar-refractivity contribution >= 4 is 23.6 Å². The van der Waals surface area contributed by atoms with Crippen LogP contribution in [-0.2, 0) is 0 Å². The van der Waals surface area contributed by atoms with Crippen molar-refractivity contribution < 1.29 is 9.72 Å². The summed E-state index contributed by atoms with van der Waals surface area (Å²) >= 11 is 0. The van der Waals surface area contributed by atoms with Gasteiger partial charge in [-0.2, -0.15) is 5.10 Å². The van der Waals surface area contributed by atoms with Crippen molar-refractivity contribution in [3.05, 3.63) is 88.2 Å². The molecule has 0 saturated heterocycles. The number of amides is 2. The molecule has 0 aliphatic rings. The Kier molecular flexibility index (Phi) is 5.27.